The van der Waals surface area contributed by atoms with E-state index in [0.29, 0.717) is 24.6 Å². The van der Waals surface area contributed by atoms with E-state index in [1.165, 1.54) is 6.42 Å². The second-order valence-corrected chi connectivity index (χ2v) is 9.03. The van der Waals surface area contributed by atoms with E-state index < -0.39 is 0 Å². The van der Waals surface area contributed by atoms with Crippen LogP contribution in [0.15, 0.2) is 30.6 Å². The van der Waals surface area contributed by atoms with Crippen molar-refractivity contribution in [2.45, 2.75) is 45.1 Å². The number of rotatable bonds is 7. The predicted molar refractivity (Wildman–Crippen MR) is 122 cm³/mol. The highest BCUT2D eigenvalue weighted by Crippen LogP contribution is 2.23. The Morgan fingerprint density at radius 2 is 1.88 bits per heavy atom. The molecule has 0 radical (unpaired) electrons. The molecule has 0 aliphatic carbocycles. The number of aromatic nitrogens is 3. The van der Waals surface area contributed by atoms with Crippen molar-refractivity contribution in [3.8, 4) is 0 Å². The number of likely N-dealkylation sites (tertiary alicyclic amines) is 2. The summed E-state index contributed by atoms with van der Waals surface area (Å²) in [6, 6.07) is 5.67. The molecule has 2 aromatic heterocycles. The minimum atomic E-state index is -0.108. The monoisotopic (exact) mass is 438 g/mol. The molecule has 0 atom stereocenters. The average molecular weight is 439 g/mol. The molecule has 8 nitrogen and oxygen atoms in total. The van der Waals surface area contributed by atoms with Gasteiger partial charge in [0.25, 0.3) is 5.91 Å². The SMILES string of the molecule is Cn1cc(C(=O)NCc2ccccn2)c(CC2CCN(CC(=O)N3CCCCC3)CC2)n1. The molecule has 172 valence electrons. The number of hydrogen-bond acceptors (Lipinski definition) is 5. The van der Waals surface area contributed by atoms with Crippen molar-refractivity contribution in [1.29, 1.82) is 0 Å². The van der Waals surface area contributed by atoms with E-state index in [-0.39, 0.29) is 11.8 Å². The molecule has 0 unspecified atom stereocenters. The lowest BCUT2D eigenvalue weighted by Crippen LogP contribution is -2.45. The van der Waals surface area contributed by atoms with Crippen molar-refractivity contribution in [2.24, 2.45) is 13.0 Å². The van der Waals surface area contributed by atoms with Gasteiger partial charge in [-0.15, -0.1) is 0 Å². The summed E-state index contributed by atoms with van der Waals surface area (Å²) in [4.78, 5) is 33.9. The average Bonchev–Trinajstić information content (AvgIpc) is 3.20. The Balaban J connectivity index is 1.27. The number of amides is 2. The minimum absolute atomic E-state index is 0.108. The summed E-state index contributed by atoms with van der Waals surface area (Å²) in [5.74, 6) is 0.650. The number of aryl methyl sites for hydroxylation is 1. The van der Waals surface area contributed by atoms with E-state index >= 15 is 0 Å². The summed E-state index contributed by atoms with van der Waals surface area (Å²) in [5.41, 5.74) is 2.33. The van der Waals surface area contributed by atoms with Gasteiger partial charge in [-0.1, -0.05) is 6.07 Å². The van der Waals surface area contributed by atoms with Crippen molar-refractivity contribution in [1.82, 2.24) is 29.9 Å². The number of carbonyl (C=O) groups is 2. The van der Waals surface area contributed by atoms with Crippen LogP contribution in [-0.4, -0.2) is 69.1 Å². The molecule has 4 rings (SSSR count). The molecular weight excluding hydrogens is 404 g/mol. The molecule has 0 bridgehead atoms. The van der Waals surface area contributed by atoms with Crippen molar-refractivity contribution >= 4 is 11.8 Å². The number of nitrogens with one attached hydrogen (secondary N) is 1. The zero-order valence-corrected chi connectivity index (χ0v) is 19.0. The third-order valence-electron chi connectivity index (χ3n) is 6.56. The van der Waals surface area contributed by atoms with E-state index in [9.17, 15) is 9.59 Å². The highest BCUT2D eigenvalue weighted by Gasteiger charge is 2.26. The van der Waals surface area contributed by atoms with Gasteiger partial charge in [0.1, 0.15) is 0 Å². The standard InChI is InChI=1S/C24H34N6O2/c1-28-17-21(24(32)26-16-20-7-3-4-10-25-20)22(27-28)15-19-8-13-29(14-9-19)18-23(31)30-11-5-2-6-12-30/h3-4,7,10,17,19H,2,5-6,8-9,11-16,18H2,1H3,(H,26,32). The molecule has 2 aromatic rings. The molecule has 1 N–H and O–H groups in total. The van der Waals surface area contributed by atoms with Gasteiger partial charge in [0.15, 0.2) is 0 Å². The van der Waals surface area contributed by atoms with Gasteiger partial charge in [-0.3, -0.25) is 24.2 Å². The zero-order valence-electron chi connectivity index (χ0n) is 19.0. The maximum Gasteiger partial charge on any atom is 0.255 e. The van der Waals surface area contributed by atoms with Gasteiger partial charge >= 0.3 is 0 Å². The van der Waals surface area contributed by atoms with Gasteiger partial charge in [-0.25, -0.2) is 0 Å². The van der Waals surface area contributed by atoms with Crippen LogP contribution in [0.4, 0.5) is 0 Å². The molecule has 2 amide bonds. The Kier molecular flexibility index (Phi) is 7.52. The summed E-state index contributed by atoms with van der Waals surface area (Å²) < 4.78 is 1.72. The molecule has 8 heteroatoms. The van der Waals surface area contributed by atoms with Crippen LogP contribution >= 0.6 is 0 Å². The minimum Gasteiger partial charge on any atom is -0.346 e. The van der Waals surface area contributed by atoms with Gasteiger partial charge in [0, 0.05) is 32.5 Å². The van der Waals surface area contributed by atoms with Crippen LogP contribution in [0.3, 0.4) is 0 Å². The fraction of sp³-hybridized carbons (Fsp3) is 0.583. The second-order valence-electron chi connectivity index (χ2n) is 9.03. The molecule has 0 aromatic carbocycles. The molecule has 4 heterocycles. The number of nitrogens with zero attached hydrogens (tertiary/aromatic N) is 5. The lowest BCUT2D eigenvalue weighted by Gasteiger charge is -2.34. The smallest absolute Gasteiger partial charge is 0.255 e. The fourth-order valence-corrected chi connectivity index (χ4v) is 4.70. The number of carbonyl (C=O) groups excluding carboxylic acids is 2. The Morgan fingerprint density at radius 1 is 1.09 bits per heavy atom. The Hall–Kier alpha value is -2.74. The maximum absolute atomic E-state index is 12.8. The fourth-order valence-electron chi connectivity index (χ4n) is 4.70. The highest BCUT2D eigenvalue weighted by molar-refractivity contribution is 5.95. The van der Waals surface area contributed by atoms with Crippen LogP contribution < -0.4 is 5.32 Å². The first kappa shape index (κ1) is 22.5. The van der Waals surface area contributed by atoms with Crippen LogP contribution in [-0.2, 0) is 24.8 Å². The van der Waals surface area contributed by atoms with Crippen LogP contribution in [0.5, 0.6) is 0 Å². The normalized spacial score (nSPS) is 18.0. The quantitative estimate of drug-likeness (QED) is 0.715. The highest BCUT2D eigenvalue weighted by atomic mass is 16.2. The third-order valence-corrected chi connectivity index (χ3v) is 6.56. The molecule has 2 fully saturated rings. The topological polar surface area (TPSA) is 83.4 Å². The molecule has 0 spiro atoms. The van der Waals surface area contributed by atoms with Gasteiger partial charge < -0.3 is 10.2 Å². The van der Waals surface area contributed by atoms with Gasteiger partial charge in [-0.2, -0.15) is 5.10 Å². The summed E-state index contributed by atoms with van der Waals surface area (Å²) >= 11 is 0. The van der Waals surface area contributed by atoms with Gasteiger partial charge in [0.05, 0.1) is 30.0 Å². The molecule has 2 aliphatic heterocycles. The largest absolute Gasteiger partial charge is 0.346 e. The molecule has 0 saturated carbocycles. The number of hydrogen-bond donors (Lipinski definition) is 1. The zero-order chi connectivity index (χ0) is 22.3. The molecular formula is C24H34N6O2. The van der Waals surface area contributed by atoms with Crippen molar-refractivity contribution < 1.29 is 9.59 Å². The molecule has 2 aliphatic rings. The van der Waals surface area contributed by atoms with Crippen LogP contribution in [0.25, 0.3) is 0 Å². The van der Waals surface area contributed by atoms with Crippen molar-refractivity contribution in [3.05, 3.63) is 47.5 Å². The van der Waals surface area contributed by atoms with E-state index in [1.807, 2.05) is 30.1 Å². The van der Waals surface area contributed by atoms with E-state index in [2.05, 4.69) is 20.3 Å². The Labute approximate surface area is 190 Å². The maximum atomic E-state index is 12.8. The molecule has 2 saturated heterocycles. The Bertz CT molecular complexity index is 898. The first-order chi connectivity index (χ1) is 15.6. The molecule has 32 heavy (non-hydrogen) atoms. The Morgan fingerprint density at radius 3 is 2.59 bits per heavy atom. The van der Waals surface area contributed by atoms with E-state index in [0.717, 1.165) is 69.7 Å². The lowest BCUT2D eigenvalue weighted by molar-refractivity contribution is -0.133. The van der Waals surface area contributed by atoms with Crippen molar-refractivity contribution in [3.63, 3.8) is 0 Å². The van der Waals surface area contributed by atoms with Crippen LogP contribution in [0.2, 0.25) is 0 Å². The third kappa shape index (κ3) is 5.94. The predicted octanol–water partition coefficient (Wildman–Crippen LogP) is 2.01. The summed E-state index contributed by atoms with van der Waals surface area (Å²) in [6.45, 7) is 4.63. The van der Waals surface area contributed by atoms with Gasteiger partial charge in [-0.05, 0) is 69.7 Å². The second kappa shape index (κ2) is 10.7. The first-order valence-corrected chi connectivity index (χ1v) is 11.8. The van der Waals surface area contributed by atoms with Gasteiger partial charge in [0.2, 0.25) is 5.91 Å². The number of piperidine rings is 2. The van der Waals surface area contributed by atoms with E-state index in [4.69, 9.17) is 0 Å². The lowest BCUT2D eigenvalue weighted by atomic mass is 9.91. The summed E-state index contributed by atoms with van der Waals surface area (Å²) in [7, 11) is 1.86. The summed E-state index contributed by atoms with van der Waals surface area (Å²) in [6.07, 6.45) is 9.88. The first-order valence-electron chi connectivity index (χ1n) is 11.8. The van der Waals surface area contributed by atoms with E-state index in [1.54, 1.807) is 17.1 Å². The van der Waals surface area contributed by atoms with Crippen LogP contribution in [0, 0.1) is 5.92 Å². The van der Waals surface area contributed by atoms with Crippen LogP contribution in [0.1, 0.15) is 53.8 Å². The summed E-state index contributed by atoms with van der Waals surface area (Å²) in [5, 5.41) is 7.54. The van der Waals surface area contributed by atoms with Crippen molar-refractivity contribution in [2.75, 3.05) is 32.7 Å². The number of pyridine rings is 1.